The molecule has 1 aromatic carbocycles. The summed E-state index contributed by atoms with van der Waals surface area (Å²) in [6, 6.07) is 6.26. The van der Waals surface area contributed by atoms with E-state index in [0.29, 0.717) is 5.69 Å². The molecule has 7 heteroatoms. The molecule has 3 aliphatic heterocycles. The van der Waals surface area contributed by atoms with Crippen LogP contribution < -0.4 is 9.64 Å². The summed E-state index contributed by atoms with van der Waals surface area (Å²) >= 11 is 0. The van der Waals surface area contributed by atoms with Gasteiger partial charge in [0, 0.05) is 13.0 Å². The summed E-state index contributed by atoms with van der Waals surface area (Å²) in [6.45, 7) is 2.64. The first-order valence-electron chi connectivity index (χ1n) is 7.99. The minimum Gasteiger partial charge on any atom is -0.427 e. The number of amides is 2. The quantitative estimate of drug-likeness (QED) is 0.378. The maximum Gasteiger partial charge on any atom is 0.308 e. The number of hydrogen-bond donors (Lipinski definition) is 1. The van der Waals surface area contributed by atoms with Gasteiger partial charge in [0.2, 0.25) is 11.8 Å². The molecule has 1 aromatic rings. The first-order chi connectivity index (χ1) is 11.8. The molecule has 0 aliphatic carbocycles. The molecule has 0 unspecified atom stereocenters. The van der Waals surface area contributed by atoms with Crippen LogP contribution in [-0.4, -0.2) is 40.7 Å². The van der Waals surface area contributed by atoms with Crippen molar-refractivity contribution >= 4 is 23.5 Å². The van der Waals surface area contributed by atoms with Crippen LogP contribution >= 0.6 is 0 Å². The molecule has 2 fully saturated rings. The number of fused-ring (bicyclic) bond motifs is 5. The van der Waals surface area contributed by atoms with Crippen LogP contribution in [0.3, 0.4) is 0 Å². The number of benzene rings is 1. The highest BCUT2D eigenvalue weighted by molar-refractivity contribution is 6.23. The van der Waals surface area contributed by atoms with E-state index < -0.39 is 34.9 Å². The van der Waals surface area contributed by atoms with Gasteiger partial charge in [-0.15, -0.1) is 0 Å². The Hall–Kier alpha value is -2.51. The number of ether oxygens (including phenoxy) is 2. The number of aliphatic hydroxyl groups excluding tert-OH is 1. The van der Waals surface area contributed by atoms with Gasteiger partial charge in [-0.05, 0) is 19.1 Å². The molecular weight excluding hydrogens is 326 g/mol. The zero-order valence-corrected chi connectivity index (χ0v) is 13.8. The molecule has 130 valence electrons. The number of anilines is 1. The Kier molecular flexibility index (Phi) is 3.20. The Bertz CT molecular complexity index is 833. The number of esters is 1. The number of carbonyl (C=O) groups is 3. The zero-order chi connectivity index (χ0) is 18.0. The average molecular weight is 343 g/mol. The maximum atomic E-state index is 13.0. The molecule has 2 saturated heterocycles. The fraction of sp³-hybridized carbons (Fsp3) is 0.389. The maximum absolute atomic E-state index is 13.0. The number of aliphatic hydroxyl groups is 1. The van der Waals surface area contributed by atoms with Crippen LogP contribution in [0.15, 0.2) is 36.4 Å². The van der Waals surface area contributed by atoms with Gasteiger partial charge in [0.25, 0.3) is 0 Å². The topological polar surface area (TPSA) is 93.1 Å². The third-order valence-corrected chi connectivity index (χ3v) is 5.14. The molecule has 0 saturated carbocycles. The van der Waals surface area contributed by atoms with Crippen molar-refractivity contribution in [1.29, 1.82) is 0 Å². The van der Waals surface area contributed by atoms with Crippen LogP contribution in [-0.2, 0) is 19.1 Å². The van der Waals surface area contributed by atoms with E-state index >= 15 is 0 Å². The van der Waals surface area contributed by atoms with Crippen LogP contribution in [0.4, 0.5) is 5.69 Å². The van der Waals surface area contributed by atoms with Gasteiger partial charge in [0.1, 0.15) is 11.4 Å². The first-order valence-corrected chi connectivity index (χ1v) is 7.99. The molecule has 1 N–H and O–H groups in total. The standard InChI is InChI=1S/C18H17NO6/c1-10(21)24-12-5-3-4-11(8-12)19-15(22)13-14(16(19)23)18(9-20)7-6-17(13,2)25-18/h3-8,13-14,20H,9H2,1-2H3/t13-,14-,17+,18-/m0/s1. The van der Waals surface area contributed by atoms with Gasteiger partial charge in [-0.25, -0.2) is 4.90 Å². The lowest BCUT2D eigenvalue weighted by atomic mass is 9.73. The number of nitrogens with zero attached hydrogens (tertiary/aromatic N) is 1. The molecule has 0 aromatic heterocycles. The predicted molar refractivity (Wildman–Crippen MR) is 85.7 cm³/mol. The van der Waals surface area contributed by atoms with Crippen molar-refractivity contribution in [2.24, 2.45) is 11.8 Å². The van der Waals surface area contributed by atoms with Gasteiger partial charge in [0.05, 0.1) is 29.7 Å². The molecule has 2 bridgehead atoms. The Morgan fingerprint density at radius 2 is 2.00 bits per heavy atom. The minimum absolute atomic E-state index is 0.253. The Morgan fingerprint density at radius 1 is 1.28 bits per heavy atom. The molecule has 2 amide bonds. The lowest BCUT2D eigenvalue weighted by molar-refractivity contribution is -0.132. The monoisotopic (exact) mass is 343 g/mol. The summed E-state index contributed by atoms with van der Waals surface area (Å²) in [5, 5.41) is 9.79. The van der Waals surface area contributed by atoms with Gasteiger partial charge in [0.15, 0.2) is 0 Å². The van der Waals surface area contributed by atoms with E-state index in [1.165, 1.54) is 13.0 Å². The van der Waals surface area contributed by atoms with Crippen molar-refractivity contribution in [3.8, 4) is 5.75 Å². The van der Waals surface area contributed by atoms with Crippen LogP contribution in [0.2, 0.25) is 0 Å². The smallest absolute Gasteiger partial charge is 0.308 e. The van der Waals surface area contributed by atoms with Crippen molar-refractivity contribution in [1.82, 2.24) is 0 Å². The summed E-state index contributed by atoms with van der Waals surface area (Å²) in [5.41, 5.74) is -1.74. The molecule has 4 rings (SSSR count). The molecule has 4 atom stereocenters. The average Bonchev–Trinajstić information content (AvgIpc) is 3.13. The molecule has 0 spiro atoms. The lowest BCUT2D eigenvalue weighted by Crippen LogP contribution is -2.43. The highest BCUT2D eigenvalue weighted by atomic mass is 16.5. The highest BCUT2D eigenvalue weighted by Gasteiger charge is 2.72. The molecule has 3 heterocycles. The summed E-state index contributed by atoms with van der Waals surface area (Å²) in [4.78, 5) is 38.2. The van der Waals surface area contributed by atoms with Crippen molar-refractivity contribution in [2.45, 2.75) is 25.0 Å². The fourth-order valence-corrected chi connectivity index (χ4v) is 4.15. The Morgan fingerprint density at radius 3 is 2.68 bits per heavy atom. The zero-order valence-electron chi connectivity index (χ0n) is 13.8. The number of imide groups is 1. The fourth-order valence-electron chi connectivity index (χ4n) is 4.15. The molecule has 25 heavy (non-hydrogen) atoms. The van der Waals surface area contributed by atoms with Gasteiger partial charge in [-0.1, -0.05) is 18.2 Å². The lowest BCUT2D eigenvalue weighted by Gasteiger charge is -2.27. The molecular formula is C18H17NO6. The summed E-state index contributed by atoms with van der Waals surface area (Å²) in [7, 11) is 0. The van der Waals surface area contributed by atoms with Crippen LogP contribution in [0.25, 0.3) is 0 Å². The summed E-state index contributed by atoms with van der Waals surface area (Å²) in [5.74, 6) is -2.49. The first kappa shape index (κ1) is 16.0. The third kappa shape index (κ3) is 2.03. The van der Waals surface area contributed by atoms with Crippen molar-refractivity contribution < 1.29 is 29.0 Å². The van der Waals surface area contributed by atoms with Crippen LogP contribution in [0.5, 0.6) is 5.75 Å². The van der Waals surface area contributed by atoms with Gasteiger partial charge < -0.3 is 14.6 Å². The van der Waals surface area contributed by atoms with Gasteiger partial charge >= 0.3 is 5.97 Å². The largest absolute Gasteiger partial charge is 0.427 e. The summed E-state index contributed by atoms with van der Waals surface area (Å²) in [6.07, 6.45) is 3.42. The van der Waals surface area contributed by atoms with Crippen molar-refractivity contribution in [2.75, 3.05) is 11.5 Å². The van der Waals surface area contributed by atoms with Crippen LogP contribution in [0.1, 0.15) is 13.8 Å². The van der Waals surface area contributed by atoms with E-state index in [1.54, 1.807) is 37.3 Å². The van der Waals surface area contributed by atoms with Crippen molar-refractivity contribution in [3.63, 3.8) is 0 Å². The van der Waals surface area contributed by atoms with Gasteiger partial charge in [-0.2, -0.15) is 0 Å². The van der Waals surface area contributed by atoms with E-state index in [9.17, 15) is 19.5 Å². The van der Waals surface area contributed by atoms with Gasteiger partial charge in [-0.3, -0.25) is 14.4 Å². The highest BCUT2D eigenvalue weighted by Crippen LogP contribution is 2.57. The van der Waals surface area contributed by atoms with E-state index in [1.807, 2.05) is 0 Å². The van der Waals surface area contributed by atoms with Crippen LogP contribution in [0, 0.1) is 11.8 Å². The minimum atomic E-state index is -1.16. The Balaban J connectivity index is 1.74. The molecule has 7 nitrogen and oxygen atoms in total. The summed E-state index contributed by atoms with van der Waals surface area (Å²) < 4.78 is 10.9. The van der Waals surface area contributed by atoms with Crippen molar-refractivity contribution in [3.05, 3.63) is 36.4 Å². The molecule has 3 aliphatic rings. The van der Waals surface area contributed by atoms with E-state index in [2.05, 4.69) is 0 Å². The second-order valence-electron chi connectivity index (χ2n) is 6.79. The second kappa shape index (κ2) is 5.00. The predicted octanol–water partition coefficient (Wildman–Crippen LogP) is 0.807. The van der Waals surface area contributed by atoms with E-state index in [4.69, 9.17) is 9.47 Å². The SMILES string of the molecule is CC(=O)Oc1cccc(N2C(=O)[C@@H]3[C@@H](C2=O)[C@@]2(CO)C=C[C@@]3(C)O2)c1. The Labute approximate surface area is 143 Å². The molecule has 0 radical (unpaired) electrons. The van der Waals surface area contributed by atoms with E-state index in [-0.39, 0.29) is 18.3 Å². The number of hydrogen-bond acceptors (Lipinski definition) is 6. The third-order valence-electron chi connectivity index (χ3n) is 5.14. The van der Waals surface area contributed by atoms with E-state index in [0.717, 1.165) is 4.90 Å². The number of rotatable bonds is 3. The second-order valence-corrected chi connectivity index (χ2v) is 6.79. The number of carbonyl (C=O) groups excluding carboxylic acids is 3. The normalized spacial score (nSPS) is 35.4.